The number of nitrogens with zero attached hydrogens (tertiary/aromatic N) is 3. The summed E-state index contributed by atoms with van der Waals surface area (Å²) in [4.78, 5) is 11.8. The quantitative estimate of drug-likeness (QED) is 0.785. The Morgan fingerprint density at radius 2 is 1.95 bits per heavy atom. The molecule has 0 saturated heterocycles. The molecule has 1 aromatic carbocycles. The number of thiophene rings is 1. The van der Waals surface area contributed by atoms with Crippen LogP contribution >= 0.6 is 11.3 Å². The molecule has 114 valence electrons. The van der Waals surface area contributed by atoms with Crippen LogP contribution in [0.25, 0.3) is 21.3 Å². The highest BCUT2D eigenvalue weighted by molar-refractivity contribution is 7.17. The van der Waals surface area contributed by atoms with E-state index in [9.17, 15) is 5.11 Å². The molecule has 0 saturated carbocycles. The van der Waals surface area contributed by atoms with Crippen molar-refractivity contribution in [2.75, 3.05) is 25.1 Å². The van der Waals surface area contributed by atoms with E-state index in [1.165, 1.54) is 11.1 Å². The first-order valence-corrected chi connectivity index (χ1v) is 8.26. The zero-order valence-corrected chi connectivity index (χ0v) is 13.6. The van der Waals surface area contributed by atoms with Gasteiger partial charge in [-0.15, -0.1) is 11.3 Å². The Hall–Kier alpha value is -1.98. The maximum Gasteiger partial charge on any atom is 0.141 e. The Morgan fingerprint density at radius 3 is 2.64 bits per heavy atom. The number of aryl methyl sites for hydroxylation is 1. The molecule has 5 heteroatoms. The Balaban J connectivity index is 2.13. The second-order valence-corrected chi connectivity index (χ2v) is 6.08. The van der Waals surface area contributed by atoms with Crippen LogP contribution in [0.5, 0.6) is 0 Å². The number of aliphatic hydroxyl groups is 1. The van der Waals surface area contributed by atoms with Crippen molar-refractivity contribution in [3.05, 3.63) is 41.5 Å². The minimum absolute atomic E-state index is 0.104. The van der Waals surface area contributed by atoms with Crippen LogP contribution < -0.4 is 4.90 Å². The molecule has 22 heavy (non-hydrogen) atoms. The van der Waals surface area contributed by atoms with Gasteiger partial charge in [0.05, 0.1) is 12.0 Å². The molecule has 0 radical (unpaired) electrons. The number of rotatable bonds is 5. The number of fused-ring (bicyclic) bond motifs is 1. The van der Waals surface area contributed by atoms with Gasteiger partial charge < -0.3 is 10.0 Å². The third-order valence-corrected chi connectivity index (χ3v) is 4.71. The lowest BCUT2D eigenvalue weighted by molar-refractivity contribution is 0.304. The molecule has 0 amide bonds. The van der Waals surface area contributed by atoms with Gasteiger partial charge in [0.15, 0.2) is 0 Å². The number of aliphatic hydroxyl groups excluding tert-OH is 1. The second kappa shape index (κ2) is 6.42. The monoisotopic (exact) mass is 313 g/mol. The van der Waals surface area contributed by atoms with Crippen LogP contribution in [0.1, 0.15) is 12.5 Å². The van der Waals surface area contributed by atoms with Gasteiger partial charge in [0.2, 0.25) is 0 Å². The third-order valence-electron chi connectivity index (χ3n) is 3.82. The van der Waals surface area contributed by atoms with E-state index in [-0.39, 0.29) is 6.61 Å². The molecule has 0 atom stereocenters. The largest absolute Gasteiger partial charge is 0.395 e. The zero-order chi connectivity index (χ0) is 15.5. The van der Waals surface area contributed by atoms with E-state index in [0.29, 0.717) is 6.54 Å². The van der Waals surface area contributed by atoms with Gasteiger partial charge in [0.25, 0.3) is 0 Å². The van der Waals surface area contributed by atoms with E-state index >= 15 is 0 Å². The van der Waals surface area contributed by atoms with Crippen molar-refractivity contribution in [1.29, 1.82) is 0 Å². The first kappa shape index (κ1) is 14.9. The lowest BCUT2D eigenvalue weighted by Crippen LogP contribution is -2.22. The minimum Gasteiger partial charge on any atom is -0.395 e. The fourth-order valence-electron chi connectivity index (χ4n) is 2.54. The highest BCUT2D eigenvalue weighted by Gasteiger charge is 2.15. The molecule has 0 fully saturated rings. The van der Waals surface area contributed by atoms with Gasteiger partial charge in [0, 0.05) is 24.5 Å². The highest BCUT2D eigenvalue weighted by Crippen LogP contribution is 2.37. The van der Waals surface area contributed by atoms with Gasteiger partial charge in [-0.1, -0.05) is 31.2 Å². The summed E-state index contributed by atoms with van der Waals surface area (Å²) in [5, 5.41) is 12.4. The van der Waals surface area contributed by atoms with E-state index in [1.54, 1.807) is 17.7 Å². The van der Waals surface area contributed by atoms with Crippen LogP contribution in [0.3, 0.4) is 0 Å². The van der Waals surface area contributed by atoms with Crippen molar-refractivity contribution < 1.29 is 5.11 Å². The van der Waals surface area contributed by atoms with Crippen molar-refractivity contribution in [3.8, 4) is 11.1 Å². The van der Waals surface area contributed by atoms with Gasteiger partial charge in [-0.3, -0.25) is 0 Å². The lowest BCUT2D eigenvalue weighted by Gasteiger charge is -2.18. The third kappa shape index (κ3) is 2.69. The molecular weight excluding hydrogens is 294 g/mol. The molecule has 0 aliphatic rings. The molecule has 2 heterocycles. The average Bonchev–Trinajstić information content (AvgIpc) is 2.99. The number of anilines is 1. The van der Waals surface area contributed by atoms with Crippen LogP contribution in [0.15, 0.2) is 36.0 Å². The predicted octanol–water partition coefficient (Wildman–Crippen LogP) is 3.35. The molecular formula is C17H19N3OS. The van der Waals surface area contributed by atoms with Crippen molar-refractivity contribution in [2.24, 2.45) is 0 Å². The van der Waals surface area contributed by atoms with E-state index in [0.717, 1.165) is 28.0 Å². The smallest absolute Gasteiger partial charge is 0.141 e. The van der Waals surface area contributed by atoms with Crippen LogP contribution in [-0.4, -0.2) is 35.3 Å². The molecule has 0 aliphatic heterocycles. The normalized spacial score (nSPS) is 11.0. The van der Waals surface area contributed by atoms with Gasteiger partial charge >= 0.3 is 0 Å². The van der Waals surface area contributed by atoms with Crippen molar-refractivity contribution in [2.45, 2.75) is 13.3 Å². The van der Waals surface area contributed by atoms with Crippen molar-refractivity contribution in [3.63, 3.8) is 0 Å². The highest BCUT2D eigenvalue weighted by atomic mass is 32.1. The predicted molar refractivity (Wildman–Crippen MR) is 92.6 cm³/mol. The van der Waals surface area contributed by atoms with Gasteiger partial charge in [-0.2, -0.15) is 0 Å². The number of benzene rings is 1. The van der Waals surface area contributed by atoms with E-state index in [1.807, 2.05) is 11.9 Å². The molecule has 3 aromatic rings. The zero-order valence-electron chi connectivity index (χ0n) is 12.8. The number of hydrogen-bond acceptors (Lipinski definition) is 5. The molecule has 0 bridgehead atoms. The van der Waals surface area contributed by atoms with Gasteiger partial charge in [0.1, 0.15) is 17.0 Å². The molecule has 2 aromatic heterocycles. The topological polar surface area (TPSA) is 49.2 Å². The molecule has 0 unspecified atom stereocenters. The fourth-order valence-corrected chi connectivity index (χ4v) is 3.45. The van der Waals surface area contributed by atoms with Gasteiger partial charge in [-0.05, 0) is 17.5 Å². The molecule has 1 N–H and O–H groups in total. The van der Waals surface area contributed by atoms with Gasteiger partial charge in [-0.25, -0.2) is 9.97 Å². The summed E-state index contributed by atoms with van der Waals surface area (Å²) in [6, 6.07) is 8.64. The maximum atomic E-state index is 9.18. The Morgan fingerprint density at radius 1 is 1.18 bits per heavy atom. The number of hydrogen-bond donors (Lipinski definition) is 1. The Bertz CT molecular complexity index is 767. The standard InChI is InChI=1S/C17H19N3OS/c1-3-12-4-6-13(7-5-12)14-10-22-17-15(14)16(18-11-19-17)20(2)8-9-21/h4-7,10-11,21H,3,8-9H2,1-2H3. The summed E-state index contributed by atoms with van der Waals surface area (Å²) in [5.74, 6) is 0.870. The number of aromatic nitrogens is 2. The molecule has 3 rings (SSSR count). The summed E-state index contributed by atoms with van der Waals surface area (Å²) >= 11 is 1.63. The Kier molecular flexibility index (Phi) is 4.36. The fraction of sp³-hybridized carbons (Fsp3) is 0.294. The first-order valence-electron chi connectivity index (χ1n) is 7.38. The summed E-state index contributed by atoms with van der Waals surface area (Å²) < 4.78 is 0. The molecule has 0 spiro atoms. The van der Waals surface area contributed by atoms with Crippen LogP contribution in [0.4, 0.5) is 5.82 Å². The van der Waals surface area contributed by atoms with E-state index < -0.39 is 0 Å². The second-order valence-electron chi connectivity index (χ2n) is 5.22. The molecule has 0 aliphatic carbocycles. The summed E-state index contributed by atoms with van der Waals surface area (Å²) in [6.07, 6.45) is 2.63. The van der Waals surface area contributed by atoms with E-state index in [2.05, 4.69) is 46.5 Å². The summed E-state index contributed by atoms with van der Waals surface area (Å²) in [7, 11) is 1.94. The Labute approximate surface area is 134 Å². The van der Waals surface area contributed by atoms with E-state index in [4.69, 9.17) is 0 Å². The SMILES string of the molecule is CCc1ccc(-c2csc3ncnc(N(C)CCO)c23)cc1. The summed E-state index contributed by atoms with van der Waals surface area (Å²) in [5.41, 5.74) is 3.66. The minimum atomic E-state index is 0.104. The summed E-state index contributed by atoms with van der Waals surface area (Å²) in [6.45, 7) is 2.81. The van der Waals surface area contributed by atoms with Crippen molar-refractivity contribution in [1.82, 2.24) is 9.97 Å². The van der Waals surface area contributed by atoms with Crippen LogP contribution in [-0.2, 0) is 6.42 Å². The first-order chi connectivity index (χ1) is 10.7. The van der Waals surface area contributed by atoms with Crippen LogP contribution in [0, 0.1) is 0 Å². The van der Waals surface area contributed by atoms with Crippen molar-refractivity contribution >= 4 is 27.4 Å². The van der Waals surface area contributed by atoms with Crippen LogP contribution in [0.2, 0.25) is 0 Å². The number of likely N-dealkylation sites (N-methyl/N-ethyl adjacent to an activating group) is 1. The molecule has 4 nitrogen and oxygen atoms in total. The average molecular weight is 313 g/mol. The maximum absolute atomic E-state index is 9.18. The lowest BCUT2D eigenvalue weighted by atomic mass is 10.0.